The van der Waals surface area contributed by atoms with Crippen LogP contribution in [0.1, 0.15) is 63.9 Å². The van der Waals surface area contributed by atoms with Gasteiger partial charge in [0.25, 0.3) is 0 Å². The average Bonchev–Trinajstić information content (AvgIpc) is 3.27. The number of carbonyl (C=O) groups is 1. The SMILES string of the molecule is CC1(c2ccccc2)CCC2CC(O)(CCCOC(=O)N3CCCC3)CCN2C1. The van der Waals surface area contributed by atoms with Crippen LogP contribution in [-0.4, -0.2) is 65.4 Å². The maximum Gasteiger partial charge on any atom is 0.409 e. The third-order valence-electron chi connectivity index (χ3n) is 7.42. The second-order valence-corrected chi connectivity index (χ2v) is 9.68. The molecule has 1 aromatic carbocycles. The van der Waals surface area contributed by atoms with Crippen LogP contribution in [0.3, 0.4) is 0 Å². The summed E-state index contributed by atoms with van der Waals surface area (Å²) in [6, 6.07) is 11.3. The average molecular weight is 401 g/mol. The lowest BCUT2D eigenvalue weighted by atomic mass is 9.70. The van der Waals surface area contributed by atoms with Crippen LogP contribution in [0, 0.1) is 0 Å². The Labute approximate surface area is 175 Å². The minimum absolute atomic E-state index is 0.184. The Kier molecular flexibility index (Phi) is 6.16. The van der Waals surface area contributed by atoms with Crippen LogP contribution in [0.4, 0.5) is 4.79 Å². The summed E-state index contributed by atoms with van der Waals surface area (Å²) in [5.41, 5.74) is 1.03. The summed E-state index contributed by atoms with van der Waals surface area (Å²) in [7, 11) is 0. The highest BCUT2D eigenvalue weighted by Gasteiger charge is 2.44. The van der Waals surface area contributed by atoms with Gasteiger partial charge in [0, 0.05) is 37.6 Å². The standard InChI is InChI=1S/C24H36N2O3/c1-23(20-8-3-2-4-9-20)12-10-21-18-24(28,13-16-26(21)19-23)11-7-17-29-22(27)25-14-5-6-15-25/h2-4,8-9,21,28H,5-7,10-19H2,1H3. The quantitative estimate of drug-likeness (QED) is 0.761. The molecule has 0 spiro atoms. The molecule has 1 aromatic rings. The second-order valence-electron chi connectivity index (χ2n) is 9.68. The van der Waals surface area contributed by atoms with Crippen molar-refractivity contribution in [2.45, 2.75) is 75.3 Å². The molecule has 3 fully saturated rings. The molecule has 3 aliphatic heterocycles. The van der Waals surface area contributed by atoms with E-state index in [0.29, 0.717) is 12.6 Å². The van der Waals surface area contributed by atoms with E-state index in [1.54, 1.807) is 4.90 Å². The summed E-state index contributed by atoms with van der Waals surface area (Å²) < 4.78 is 5.41. The predicted molar refractivity (Wildman–Crippen MR) is 114 cm³/mol. The number of aliphatic hydroxyl groups is 1. The lowest BCUT2D eigenvalue weighted by molar-refractivity contribution is -0.0737. The molecule has 3 unspecified atom stereocenters. The minimum Gasteiger partial charge on any atom is -0.449 e. The number of hydrogen-bond acceptors (Lipinski definition) is 4. The zero-order chi connectivity index (χ0) is 20.3. The molecule has 0 aromatic heterocycles. The molecule has 5 heteroatoms. The van der Waals surface area contributed by atoms with E-state index in [-0.39, 0.29) is 11.5 Å². The molecule has 0 saturated carbocycles. The first-order chi connectivity index (χ1) is 14.0. The fourth-order valence-corrected chi connectivity index (χ4v) is 5.56. The molecule has 1 amide bonds. The number of benzene rings is 1. The normalized spacial score (nSPS) is 32.8. The van der Waals surface area contributed by atoms with Gasteiger partial charge in [0.15, 0.2) is 0 Å². The lowest BCUT2D eigenvalue weighted by Gasteiger charge is -2.51. The van der Waals surface area contributed by atoms with Crippen molar-refractivity contribution in [3.05, 3.63) is 35.9 Å². The lowest BCUT2D eigenvalue weighted by Crippen LogP contribution is -2.57. The van der Waals surface area contributed by atoms with Gasteiger partial charge in [-0.3, -0.25) is 4.90 Å². The van der Waals surface area contributed by atoms with E-state index in [1.165, 1.54) is 12.0 Å². The van der Waals surface area contributed by atoms with Gasteiger partial charge in [-0.25, -0.2) is 4.79 Å². The Morgan fingerprint density at radius 3 is 2.69 bits per heavy atom. The van der Waals surface area contributed by atoms with Crippen molar-refractivity contribution in [1.29, 1.82) is 0 Å². The van der Waals surface area contributed by atoms with Gasteiger partial charge in [-0.15, -0.1) is 0 Å². The van der Waals surface area contributed by atoms with Crippen molar-refractivity contribution >= 4 is 6.09 Å². The van der Waals surface area contributed by atoms with E-state index in [2.05, 4.69) is 42.2 Å². The van der Waals surface area contributed by atoms with Gasteiger partial charge in [0.05, 0.1) is 12.2 Å². The summed E-state index contributed by atoms with van der Waals surface area (Å²) in [6.07, 6.45) is 7.40. The maximum atomic E-state index is 12.0. The first kappa shape index (κ1) is 20.7. The van der Waals surface area contributed by atoms with Crippen molar-refractivity contribution in [1.82, 2.24) is 9.80 Å². The fourth-order valence-electron chi connectivity index (χ4n) is 5.56. The van der Waals surface area contributed by atoms with E-state index in [1.807, 2.05) is 0 Å². The van der Waals surface area contributed by atoms with Gasteiger partial charge in [0.2, 0.25) is 0 Å². The van der Waals surface area contributed by atoms with E-state index in [0.717, 1.165) is 71.1 Å². The third-order valence-corrected chi connectivity index (χ3v) is 7.42. The van der Waals surface area contributed by atoms with Crippen LogP contribution in [0.15, 0.2) is 30.3 Å². The van der Waals surface area contributed by atoms with Gasteiger partial charge in [-0.2, -0.15) is 0 Å². The number of ether oxygens (including phenoxy) is 1. The Bertz CT molecular complexity index is 691. The molecule has 0 bridgehead atoms. The second kappa shape index (κ2) is 8.65. The van der Waals surface area contributed by atoms with Crippen LogP contribution >= 0.6 is 0 Å². The van der Waals surface area contributed by atoms with Gasteiger partial charge in [0.1, 0.15) is 0 Å². The van der Waals surface area contributed by atoms with Gasteiger partial charge in [-0.05, 0) is 56.9 Å². The molecule has 4 rings (SSSR count). The summed E-state index contributed by atoms with van der Waals surface area (Å²) in [6.45, 7) is 6.47. The number of rotatable bonds is 5. The van der Waals surface area contributed by atoms with Crippen molar-refractivity contribution in [3.63, 3.8) is 0 Å². The number of fused-ring (bicyclic) bond motifs is 1. The highest BCUT2D eigenvalue weighted by Crippen LogP contribution is 2.42. The Morgan fingerprint density at radius 2 is 1.93 bits per heavy atom. The number of nitrogens with zero attached hydrogens (tertiary/aromatic N) is 2. The van der Waals surface area contributed by atoms with Crippen LogP contribution in [-0.2, 0) is 10.2 Å². The number of piperidine rings is 2. The van der Waals surface area contributed by atoms with Gasteiger partial charge < -0.3 is 14.7 Å². The van der Waals surface area contributed by atoms with E-state index >= 15 is 0 Å². The van der Waals surface area contributed by atoms with E-state index in [9.17, 15) is 9.90 Å². The molecule has 3 heterocycles. The fraction of sp³-hybridized carbons (Fsp3) is 0.708. The minimum atomic E-state index is -0.609. The summed E-state index contributed by atoms with van der Waals surface area (Å²) >= 11 is 0. The molecule has 3 saturated heterocycles. The number of hydrogen-bond donors (Lipinski definition) is 1. The number of amides is 1. The van der Waals surface area contributed by atoms with Crippen LogP contribution < -0.4 is 0 Å². The molecule has 0 radical (unpaired) electrons. The summed E-state index contributed by atoms with van der Waals surface area (Å²) in [5.74, 6) is 0. The monoisotopic (exact) mass is 400 g/mol. The Balaban J connectivity index is 1.24. The molecule has 3 atom stereocenters. The first-order valence-corrected chi connectivity index (χ1v) is 11.4. The molecule has 1 N–H and O–H groups in total. The smallest absolute Gasteiger partial charge is 0.409 e. The Hall–Kier alpha value is -1.59. The van der Waals surface area contributed by atoms with Crippen molar-refractivity contribution in [2.75, 3.05) is 32.8 Å². The molecule has 5 nitrogen and oxygen atoms in total. The van der Waals surface area contributed by atoms with Crippen LogP contribution in [0.2, 0.25) is 0 Å². The predicted octanol–water partition coefficient (Wildman–Crippen LogP) is 3.95. The molecular weight excluding hydrogens is 364 g/mol. The summed E-state index contributed by atoms with van der Waals surface area (Å²) in [4.78, 5) is 16.4. The van der Waals surface area contributed by atoms with Crippen molar-refractivity contribution < 1.29 is 14.6 Å². The zero-order valence-corrected chi connectivity index (χ0v) is 17.8. The molecule has 0 aliphatic carbocycles. The summed E-state index contributed by atoms with van der Waals surface area (Å²) in [5, 5.41) is 11.2. The molecule has 160 valence electrons. The van der Waals surface area contributed by atoms with E-state index < -0.39 is 5.60 Å². The Morgan fingerprint density at radius 1 is 1.17 bits per heavy atom. The van der Waals surface area contributed by atoms with Crippen molar-refractivity contribution in [2.24, 2.45) is 0 Å². The molecule has 29 heavy (non-hydrogen) atoms. The van der Waals surface area contributed by atoms with Crippen LogP contribution in [0.25, 0.3) is 0 Å². The molecular formula is C24H36N2O3. The van der Waals surface area contributed by atoms with E-state index in [4.69, 9.17) is 4.74 Å². The topological polar surface area (TPSA) is 53.0 Å². The highest BCUT2D eigenvalue weighted by atomic mass is 16.6. The largest absolute Gasteiger partial charge is 0.449 e. The first-order valence-electron chi connectivity index (χ1n) is 11.4. The van der Waals surface area contributed by atoms with Crippen LogP contribution in [0.5, 0.6) is 0 Å². The third kappa shape index (κ3) is 4.77. The zero-order valence-electron chi connectivity index (χ0n) is 17.8. The number of likely N-dealkylation sites (tertiary alicyclic amines) is 1. The molecule has 3 aliphatic rings. The number of carbonyl (C=O) groups excluding carboxylic acids is 1. The van der Waals surface area contributed by atoms with Gasteiger partial charge >= 0.3 is 6.09 Å². The maximum absolute atomic E-state index is 12.0. The van der Waals surface area contributed by atoms with Crippen molar-refractivity contribution in [3.8, 4) is 0 Å². The highest BCUT2D eigenvalue weighted by molar-refractivity contribution is 5.67. The van der Waals surface area contributed by atoms with Gasteiger partial charge in [-0.1, -0.05) is 37.3 Å².